The van der Waals surface area contributed by atoms with Gasteiger partial charge in [-0.15, -0.1) is 0 Å². The Kier molecular flexibility index (Phi) is 9.48. The first-order chi connectivity index (χ1) is 19.3. The number of ether oxygens (including phenoxy) is 3. The number of carbonyl (C=O) groups excluding carboxylic acids is 2. The second-order valence-corrected chi connectivity index (χ2v) is 12.9. The zero-order valence-corrected chi connectivity index (χ0v) is 25.8. The third-order valence-corrected chi connectivity index (χ3v) is 7.55. The van der Waals surface area contributed by atoms with Crippen molar-refractivity contribution in [3.05, 3.63) is 59.4 Å². The quantitative estimate of drug-likeness (QED) is 0.355. The van der Waals surface area contributed by atoms with Gasteiger partial charge in [-0.25, -0.2) is 4.79 Å². The third kappa shape index (κ3) is 8.13. The van der Waals surface area contributed by atoms with Crippen LogP contribution in [0.2, 0.25) is 0 Å². The number of Topliss-reactive ketones (excluding diaryl/α,β-unsaturated/α-hetero) is 1. The van der Waals surface area contributed by atoms with Gasteiger partial charge in [0.05, 0.1) is 12.2 Å². The van der Waals surface area contributed by atoms with Crippen molar-refractivity contribution >= 4 is 17.4 Å². The topological polar surface area (TPSA) is 68.3 Å². The van der Waals surface area contributed by atoms with Crippen molar-refractivity contribution in [3.8, 4) is 16.9 Å². The van der Waals surface area contributed by atoms with Gasteiger partial charge in [0.15, 0.2) is 5.78 Å². The van der Waals surface area contributed by atoms with E-state index >= 15 is 0 Å². The maximum absolute atomic E-state index is 13.3. The van der Waals surface area contributed by atoms with E-state index in [0.29, 0.717) is 32.7 Å². The predicted molar refractivity (Wildman–Crippen MR) is 163 cm³/mol. The second kappa shape index (κ2) is 12.7. The summed E-state index contributed by atoms with van der Waals surface area (Å²) < 4.78 is 17.5. The summed E-state index contributed by atoms with van der Waals surface area (Å²) in [5.74, 6) is 1.78. The number of hydrogen-bond donors (Lipinski definition) is 0. The summed E-state index contributed by atoms with van der Waals surface area (Å²) in [6, 6.07) is 14.4. The molecule has 0 unspecified atom stereocenters. The number of piperazine rings is 1. The Morgan fingerprint density at radius 1 is 0.927 bits per heavy atom. The average Bonchev–Trinajstić information content (AvgIpc) is 2.89. The summed E-state index contributed by atoms with van der Waals surface area (Å²) in [5.41, 5.74) is 4.31. The Bertz CT molecular complexity index is 1270. The number of nitrogens with zero attached hydrogens (tertiary/aromatic N) is 2. The lowest BCUT2D eigenvalue weighted by Crippen LogP contribution is -2.50. The van der Waals surface area contributed by atoms with Crippen LogP contribution >= 0.6 is 0 Å². The van der Waals surface area contributed by atoms with E-state index in [2.05, 4.69) is 56.0 Å². The SMILES string of the molecule is CCOC1=C(c2cc(-c3ccc(OCCN4CCN(C(=O)OC(C)(C)C)CC4)cc3)ccc2C)C(=O)CC(C)(C)C1. The summed E-state index contributed by atoms with van der Waals surface area (Å²) in [7, 11) is 0. The van der Waals surface area contributed by atoms with Crippen LogP contribution in [0.5, 0.6) is 5.75 Å². The Labute approximate surface area is 245 Å². The fourth-order valence-corrected chi connectivity index (χ4v) is 5.45. The van der Waals surface area contributed by atoms with Crippen molar-refractivity contribution in [2.24, 2.45) is 5.41 Å². The highest BCUT2D eigenvalue weighted by molar-refractivity contribution is 6.22. The van der Waals surface area contributed by atoms with E-state index in [1.807, 2.05) is 39.8 Å². The largest absolute Gasteiger partial charge is 0.497 e. The Morgan fingerprint density at radius 2 is 1.59 bits per heavy atom. The first-order valence-corrected chi connectivity index (χ1v) is 14.8. The smallest absolute Gasteiger partial charge is 0.410 e. The molecule has 2 aromatic carbocycles. The summed E-state index contributed by atoms with van der Waals surface area (Å²) in [6.45, 7) is 18.8. The maximum Gasteiger partial charge on any atom is 0.410 e. The Morgan fingerprint density at radius 3 is 2.22 bits per heavy atom. The minimum absolute atomic E-state index is 0.0964. The molecular formula is C34H46N2O5. The van der Waals surface area contributed by atoms with Gasteiger partial charge in [-0.2, -0.15) is 0 Å². The van der Waals surface area contributed by atoms with Crippen LogP contribution in [0.1, 0.15) is 65.5 Å². The average molecular weight is 563 g/mol. The van der Waals surface area contributed by atoms with Crippen LogP contribution in [0.3, 0.4) is 0 Å². The van der Waals surface area contributed by atoms with Gasteiger partial charge in [0, 0.05) is 45.6 Å². The molecule has 2 aliphatic rings. The highest BCUT2D eigenvalue weighted by Gasteiger charge is 2.35. The molecule has 222 valence electrons. The Hall–Kier alpha value is -3.32. The van der Waals surface area contributed by atoms with Crippen LogP contribution in [-0.2, 0) is 14.3 Å². The lowest BCUT2D eigenvalue weighted by molar-refractivity contribution is -0.116. The van der Waals surface area contributed by atoms with Crippen molar-refractivity contribution in [1.29, 1.82) is 0 Å². The molecule has 1 heterocycles. The van der Waals surface area contributed by atoms with Crippen molar-refractivity contribution in [3.63, 3.8) is 0 Å². The zero-order valence-electron chi connectivity index (χ0n) is 25.8. The molecule has 4 rings (SSSR count). The molecule has 41 heavy (non-hydrogen) atoms. The molecule has 1 amide bonds. The number of carbonyl (C=O) groups is 2. The molecule has 0 N–H and O–H groups in total. The lowest BCUT2D eigenvalue weighted by atomic mass is 9.74. The molecule has 2 aromatic rings. The molecule has 0 aromatic heterocycles. The first kappa shape index (κ1) is 30.6. The summed E-state index contributed by atoms with van der Waals surface area (Å²) in [5, 5.41) is 0. The van der Waals surface area contributed by atoms with Gasteiger partial charge in [0.2, 0.25) is 0 Å². The molecular weight excluding hydrogens is 516 g/mol. The number of benzene rings is 2. The number of aryl methyl sites for hydroxylation is 1. The summed E-state index contributed by atoms with van der Waals surface area (Å²) in [6.07, 6.45) is 1.04. The normalized spacial score (nSPS) is 17.9. The summed E-state index contributed by atoms with van der Waals surface area (Å²) >= 11 is 0. The molecule has 1 aliphatic heterocycles. The highest BCUT2D eigenvalue weighted by Crippen LogP contribution is 2.42. The monoisotopic (exact) mass is 562 g/mol. The summed E-state index contributed by atoms with van der Waals surface area (Å²) in [4.78, 5) is 29.6. The minimum atomic E-state index is -0.476. The van der Waals surface area contributed by atoms with Gasteiger partial charge >= 0.3 is 6.09 Å². The third-order valence-electron chi connectivity index (χ3n) is 7.55. The van der Waals surface area contributed by atoms with Crippen LogP contribution in [0, 0.1) is 12.3 Å². The molecule has 0 bridgehead atoms. The molecule has 7 nitrogen and oxygen atoms in total. The fraction of sp³-hybridized carbons (Fsp3) is 0.529. The molecule has 0 radical (unpaired) electrons. The van der Waals surface area contributed by atoms with Crippen molar-refractivity contribution < 1.29 is 23.8 Å². The van der Waals surface area contributed by atoms with Crippen LogP contribution in [0.15, 0.2) is 48.2 Å². The lowest BCUT2D eigenvalue weighted by Gasteiger charge is -2.35. The number of rotatable bonds is 8. The van der Waals surface area contributed by atoms with E-state index in [1.54, 1.807) is 4.90 Å². The number of ketones is 1. The standard InChI is InChI=1S/C34H46N2O5/c1-8-39-30-23-34(6,7)22-29(37)31(30)28-21-26(10-9-24(28)2)25-11-13-27(14-12-25)40-20-19-35-15-17-36(18-16-35)32(38)41-33(3,4)5/h9-14,21H,8,15-20,22-23H2,1-7H3. The van der Waals surface area contributed by atoms with Crippen molar-refractivity contribution in [2.45, 2.75) is 66.9 Å². The van der Waals surface area contributed by atoms with Gasteiger partial charge in [-0.3, -0.25) is 9.69 Å². The van der Waals surface area contributed by atoms with Crippen molar-refractivity contribution in [1.82, 2.24) is 9.80 Å². The molecule has 0 spiro atoms. The number of allylic oxidation sites excluding steroid dienone is 2. The first-order valence-electron chi connectivity index (χ1n) is 14.8. The predicted octanol–water partition coefficient (Wildman–Crippen LogP) is 6.73. The van der Waals surface area contributed by atoms with Crippen LogP contribution < -0.4 is 4.74 Å². The van der Waals surface area contributed by atoms with E-state index in [1.165, 1.54) is 0 Å². The van der Waals surface area contributed by atoms with Crippen LogP contribution in [-0.4, -0.2) is 73.2 Å². The molecule has 1 fully saturated rings. The maximum atomic E-state index is 13.3. The van der Waals surface area contributed by atoms with Crippen molar-refractivity contribution in [2.75, 3.05) is 45.9 Å². The van der Waals surface area contributed by atoms with Gasteiger partial charge in [-0.1, -0.05) is 38.1 Å². The second-order valence-electron chi connectivity index (χ2n) is 12.9. The van der Waals surface area contributed by atoms with Gasteiger partial charge < -0.3 is 19.1 Å². The van der Waals surface area contributed by atoms with Gasteiger partial charge in [0.1, 0.15) is 23.7 Å². The van der Waals surface area contributed by atoms with Gasteiger partial charge in [-0.05, 0) is 80.5 Å². The van der Waals surface area contributed by atoms with Crippen LogP contribution in [0.4, 0.5) is 4.79 Å². The number of amides is 1. The number of hydrogen-bond acceptors (Lipinski definition) is 6. The highest BCUT2D eigenvalue weighted by atomic mass is 16.6. The zero-order chi connectivity index (χ0) is 29.8. The molecule has 0 saturated carbocycles. The molecule has 1 saturated heterocycles. The molecule has 1 aliphatic carbocycles. The minimum Gasteiger partial charge on any atom is -0.497 e. The van der Waals surface area contributed by atoms with Crippen LogP contribution in [0.25, 0.3) is 16.7 Å². The van der Waals surface area contributed by atoms with E-state index in [0.717, 1.165) is 65.4 Å². The van der Waals surface area contributed by atoms with E-state index in [4.69, 9.17) is 14.2 Å². The fourth-order valence-electron chi connectivity index (χ4n) is 5.45. The Balaban J connectivity index is 1.36. The molecule has 0 atom stereocenters. The van der Waals surface area contributed by atoms with E-state index < -0.39 is 5.60 Å². The van der Waals surface area contributed by atoms with E-state index in [-0.39, 0.29) is 17.3 Å². The van der Waals surface area contributed by atoms with Gasteiger partial charge in [0.25, 0.3) is 0 Å². The van der Waals surface area contributed by atoms with E-state index in [9.17, 15) is 9.59 Å². The molecule has 7 heteroatoms.